The van der Waals surface area contributed by atoms with E-state index in [1.807, 2.05) is 23.1 Å². The number of carbonyl (C=O) groups excluding carboxylic acids is 2. The lowest BCUT2D eigenvalue weighted by atomic mass is 10.1. The van der Waals surface area contributed by atoms with Gasteiger partial charge in [0.2, 0.25) is 5.91 Å². The molecule has 1 aliphatic heterocycles. The zero-order valence-corrected chi connectivity index (χ0v) is 17.7. The van der Waals surface area contributed by atoms with Crippen molar-refractivity contribution in [3.63, 3.8) is 0 Å². The minimum atomic E-state index is -0.460. The zero-order chi connectivity index (χ0) is 22.0. The second-order valence-electron chi connectivity index (χ2n) is 7.84. The zero-order valence-electron chi connectivity index (χ0n) is 16.9. The molecule has 1 saturated carbocycles. The van der Waals surface area contributed by atoms with Gasteiger partial charge in [0, 0.05) is 48.9 Å². The summed E-state index contributed by atoms with van der Waals surface area (Å²) in [4.78, 5) is 39.7. The highest BCUT2D eigenvalue weighted by Gasteiger charge is 2.28. The summed E-state index contributed by atoms with van der Waals surface area (Å²) in [5.41, 5.74) is 1.44. The Balaban J connectivity index is 1.41. The number of rotatable bonds is 6. The Morgan fingerprint density at radius 3 is 2.45 bits per heavy atom. The number of nitrogens with one attached hydrogen (secondary N) is 1. The molecule has 8 nitrogen and oxygen atoms in total. The van der Waals surface area contributed by atoms with Crippen molar-refractivity contribution in [2.24, 2.45) is 0 Å². The number of halogens is 1. The first-order valence-electron chi connectivity index (χ1n) is 10.3. The standard InChI is InChI=1S/C22H23ClN4O4/c23-18-4-2-1-3-15(18)14-21(28)26-11-9-25(10-12-26)19-8-5-16(13-20(19)27(30)31)22(29)24-17-6-7-17/h1-5,8,13,17H,6-7,9-12,14H2,(H,24,29). The topological polar surface area (TPSA) is 95.8 Å². The van der Waals surface area contributed by atoms with Crippen molar-refractivity contribution in [2.45, 2.75) is 25.3 Å². The van der Waals surface area contributed by atoms with Crippen molar-refractivity contribution in [3.8, 4) is 0 Å². The quantitative estimate of drug-likeness (QED) is 0.548. The van der Waals surface area contributed by atoms with E-state index < -0.39 is 4.92 Å². The number of hydrogen-bond donors (Lipinski definition) is 1. The number of benzene rings is 2. The minimum absolute atomic E-state index is 0.0191. The van der Waals surface area contributed by atoms with Crippen LogP contribution < -0.4 is 10.2 Å². The number of hydrogen-bond acceptors (Lipinski definition) is 5. The summed E-state index contributed by atoms with van der Waals surface area (Å²) in [7, 11) is 0. The summed E-state index contributed by atoms with van der Waals surface area (Å²) in [6, 6.07) is 12.0. The summed E-state index contributed by atoms with van der Waals surface area (Å²) < 4.78 is 0. The molecule has 31 heavy (non-hydrogen) atoms. The molecule has 0 bridgehead atoms. The molecule has 2 aromatic rings. The van der Waals surface area contributed by atoms with Gasteiger partial charge in [-0.05, 0) is 36.6 Å². The maximum atomic E-state index is 12.6. The fourth-order valence-corrected chi connectivity index (χ4v) is 3.89. The van der Waals surface area contributed by atoms with Crippen LogP contribution in [-0.2, 0) is 11.2 Å². The fourth-order valence-electron chi connectivity index (χ4n) is 3.69. The Hall–Kier alpha value is -3.13. The molecule has 2 fully saturated rings. The lowest BCUT2D eigenvalue weighted by molar-refractivity contribution is -0.384. The average Bonchev–Trinajstić information content (AvgIpc) is 3.59. The van der Waals surface area contributed by atoms with Gasteiger partial charge in [0.15, 0.2) is 0 Å². The number of nitro groups is 1. The van der Waals surface area contributed by atoms with Crippen molar-refractivity contribution in [2.75, 3.05) is 31.1 Å². The lowest BCUT2D eigenvalue weighted by Gasteiger charge is -2.36. The monoisotopic (exact) mass is 442 g/mol. The maximum absolute atomic E-state index is 12.6. The first kappa shape index (κ1) is 21.1. The normalized spacial score (nSPS) is 16.2. The first-order chi connectivity index (χ1) is 14.9. The van der Waals surface area contributed by atoms with Crippen LogP contribution in [0.2, 0.25) is 5.02 Å². The van der Waals surface area contributed by atoms with Crippen molar-refractivity contribution < 1.29 is 14.5 Å². The van der Waals surface area contributed by atoms with Crippen LogP contribution in [0.5, 0.6) is 0 Å². The van der Waals surface area contributed by atoms with Crippen LogP contribution in [0.25, 0.3) is 0 Å². The molecule has 1 saturated heterocycles. The number of carbonyl (C=O) groups is 2. The summed E-state index contributed by atoms with van der Waals surface area (Å²) >= 11 is 6.15. The molecule has 0 unspecified atom stereocenters. The van der Waals surface area contributed by atoms with Gasteiger partial charge in [-0.15, -0.1) is 0 Å². The van der Waals surface area contributed by atoms with Crippen LogP contribution >= 0.6 is 11.6 Å². The average molecular weight is 443 g/mol. The summed E-state index contributed by atoms with van der Waals surface area (Å²) in [6.45, 7) is 1.88. The molecule has 2 aromatic carbocycles. The summed E-state index contributed by atoms with van der Waals surface area (Å²) in [5, 5.41) is 15.1. The fraction of sp³-hybridized carbons (Fsp3) is 0.364. The molecule has 9 heteroatoms. The van der Waals surface area contributed by atoms with E-state index in [0.29, 0.717) is 36.9 Å². The van der Waals surface area contributed by atoms with Gasteiger partial charge >= 0.3 is 0 Å². The Morgan fingerprint density at radius 1 is 1.10 bits per heavy atom. The number of amides is 2. The SMILES string of the molecule is O=C(NC1CC1)c1ccc(N2CCN(C(=O)Cc3ccccc3Cl)CC2)c([N+](=O)[O-])c1. The predicted octanol–water partition coefficient (Wildman–Crippen LogP) is 3.03. The molecule has 0 spiro atoms. The summed E-state index contributed by atoms with van der Waals surface area (Å²) in [5.74, 6) is -0.304. The molecule has 0 aromatic heterocycles. The molecule has 2 aliphatic rings. The Labute approximate surface area is 184 Å². The third-order valence-electron chi connectivity index (χ3n) is 5.62. The second-order valence-corrected chi connectivity index (χ2v) is 8.25. The van der Waals surface area contributed by atoms with E-state index in [9.17, 15) is 19.7 Å². The van der Waals surface area contributed by atoms with Gasteiger partial charge in [0.05, 0.1) is 11.3 Å². The first-order valence-corrected chi connectivity index (χ1v) is 10.7. The van der Waals surface area contributed by atoms with Gasteiger partial charge < -0.3 is 15.1 Å². The van der Waals surface area contributed by atoms with E-state index in [0.717, 1.165) is 18.4 Å². The van der Waals surface area contributed by atoms with Crippen molar-refractivity contribution in [1.82, 2.24) is 10.2 Å². The molecule has 4 rings (SSSR count). The highest BCUT2D eigenvalue weighted by atomic mass is 35.5. The third kappa shape index (κ3) is 4.96. The van der Waals surface area contributed by atoms with E-state index in [2.05, 4.69) is 5.32 Å². The Kier molecular flexibility index (Phi) is 6.08. The van der Waals surface area contributed by atoms with Gasteiger partial charge in [0.1, 0.15) is 5.69 Å². The predicted molar refractivity (Wildman–Crippen MR) is 118 cm³/mol. The van der Waals surface area contributed by atoms with Gasteiger partial charge in [-0.1, -0.05) is 29.8 Å². The molecule has 1 heterocycles. The van der Waals surface area contributed by atoms with E-state index in [1.165, 1.54) is 6.07 Å². The van der Waals surface area contributed by atoms with E-state index in [4.69, 9.17) is 11.6 Å². The largest absolute Gasteiger partial charge is 0.362 e. The molecule has 2 amide bonds. The van der Waals surface area contributed by atoms with Crippen LogP contribution in [0.15, 0.2) is 42.5 Å². The van der Waals surface area contributed by atoms with E-state index >= 15 is 0 Å². The molecular weight excluding hydrogens is 420 g/mol. The number of piperazine rings is 1. The highest BCUT2D eigenvalue weighted by Crippen LogP contribution is 2.31. The van der Waals surface area contributed by atoms with Crippen LogP contribution in [0, 0.1) is 10.1 Å². The smallest absolute Gasteiger partial charge is 0.293 e. The molecular formula is C22H23ClN4O4. The van der Waals surface area contributed by atoms with Crippen LogP contribution in [-0.4, -0.2) is 53.9 Å². The van der Waals surface area contributed by atoms with E-state index in [1.54, 1.807) is 23.1 Å². The molecule has 0 radical (unpaired) electrons. The van der Waals surface area contributed by atoms with Crippen LogP contribution in [0.4, 0.5) is 11.4 Å². The van der Waals surface area contributed by atoms with Crippen molar-refractivity contribution in [1.29, 1.82) is 0 Å². The molecule has 1 aliphatic carbocycles. The lowest BCUT2D eigenvalue weighted by Crippen LogP contribution is -2.49. The second kappa shape index (κ2) is 8.93. The number of nitro benzene ring substituents is 1. The third-order valence-corrected chi connectivity index (χ3v) is 5.99. The van der Waals surface area contributed by atoms with Crippen LogP contribution in [0.3, 0.4) is 0 Å². The van der Waals surface area contributed by atoms with Crippen molar-refractivity contribution in [3.05, 3.63) is 68.7 Å². The van der Waals surface area contributed by atoms with Gasteiger partial charge in [-0.2, -0.15) is 0 Å². The minimum Gasteiger partial charge on any atom is -0.362 e. The van der Waals surface area contributed by atoms with E-state index in [-0.39, 0.29) is 35.5 Å². The van der Waals surface area contributed by atoms with Gasteiger partial charge in [0.25, 0.3) is 11.6 Å². The van der Waals surface area contributed by atoms with Gasteiger partial charge in [-0.25, -0.2) is 0 Å². The summed E-state index contributed by atoms with van der Waals surface area (Å²) in [6.07, 6.45) is 2.13. The highest BCUT2D eigenvalue weighted by molar-refractivity contribution is 6.31. The Morgan fingerprint density at radius 2 is 1.81 bits per heavy atom. The number of anilines is 1. The van der Waals surface area contributed by atoms with Crippen LogP contribution in [0.1, 0.15) is 28.8 Å². The molecule has 1 N–H and O–H groups in total. The molecule has 0 atom stereocenters. The van der Waals surface area contributed by atoms with Crippen molar-refractivity contribution >= 4 is 34.8 Å². The number of nitrogens with zero attached hydrogens (tertiary/aromatic N) is 3. The van der Waals surface area contributed by atoms with Gasteiger partial charge in [-0.3, -0.25) is 19.7 Å². The Bertz CT molecular complexity index is 1020. The maximum Gasteiger partial charge on any atom is 0.293 e. The molecule has 162 valence electrons.